The number of alkyl halides is 3. The summed E-state index contributed by atoms with van der Waals surface area (Å²) in [5.74, 6) is -2.50. The van der Waals surface area contributed by atoms with Crippen LogP contribution in [0.1, 0.15) is 15.9 Å². The van der Waals surface area contributed by atoms with Crippen LogP contribution in [-0.4, -0.2) is 30.9 Å². The van der Waals surface area contributed by atoms with Crippen LogP contribution in [0, 0.1) is 0 Å². The van der Waals surface area contributed by atoms with E-state index in [9.17, 15) is 27.6 Å². The van der Waals surface area contributed by atoms with Gasteiger partial charge in [-0.05, 0) is 36.4 Å². The summed E-state index contributed by atoms with van der Waals surface area (Å²) in [7, 11) is 0. The Labute approximate surface area is 176 Å². The number of nitrogens with one attached hydrogen (secondary N) is 2. The molecule has 0 saturated heterocycles. The lowest BCUT2D eigenvalue weighted by Crippen LogP contribution is -2.32. The maximum absolute atomic E-state index is 13.0. The van der Waals surface area contributed by atoms with Crippen molar-refractivity contribution in [3.05, 3.63) is 63.1 Å². The van der Waals surface area contributed by atoms with Crippen LogP contribution in [-0.2, 0) is 20.5 Å². The van der Waals surface area contributed by atoms with Crippen molar-refractivity contribution in [2.24, 2.45) is 0 Å². The molecule has 154 valence electrons. The molecule has 29 heavy (non-hydrogen) atoms. The number of para-hydroxylation sites is 1. The van der Waals surface area contributed by atoms with Crippen LogP contribution >= 0.6 is 27.5 Å². The predicted molar refractivity (Wildman–Crippen MR) is 103 cm³/mol. The summed E-state index contributed by atoms with van der Waals surface area (Å²) in [6, 6.07) is 9.36. The second-order valence-electron chi connectivity index (χ2n) is 5.56. The summed E-state index contributed by atoms with van der Waals surface area (Å²) in [6.45, 7) is -1.38. The Kier molecular flexibility index (Phi) is 7.63. The predicted octanol–water partition coefficient (Wildman–Crippen LogP) is 4.03. The topological polar surface area (TPSA) is 84.5 Å². The second kappa shape index (κ2) is 9.75. The number of carbonyl (C=O) groups excluding carboxylic acids is 3. The Balaban J connectivity index is 1.86. The minimum Gasteiger partial charge on any atom is -0.454 e. The molecule has 0 saturated carbocycles. The summed E-state index contributed by atoms with van der Waals surface area (Å²) in [6.07, 6.45) is -4.73. The third kappa shape index (κ3) is 6.75. The second-order valence-corrected chi connectivity index (χ2v) is 6.88. The highest BCUT2D eigenvalue weighted by Gasteiger charge is 2.34. The first-order valence-electron chi connectivity index (χ1n) is 7.93. The Bertz CT molecular complexity index is 920. The van der Waals surface area contributed by atoms with Gasteiger partial charge in [0.2, 0.25) is 0 Å². The first kappa shape index (κ1) is 22.7. The van der Waals surface area contributed by atoms with Crippen LogP contribution in [0.25, 0.3) is 0 Å². The molecule has 6 nitrogen and oxygen atoms in total. The fraction of sp³-hybridized carbons (Fsp3) is 0.167. The molecule has 0 radical (unpaired) electrons. The number of amides is 2. The van der Waals surface area contributed by atoms with Crippen molar-refractivity contribution in [2.45, 2.75) is 6.18 Å². The van der Waals surface area contributed by atoms with Crippen molar-refractivity contribution in [3.63, 3.8) is 0 Å². The molecular formula is C18H13BrClF3N2O4. The average molecular weight is 494 g/mol. The highest BCUT2D eigenvalue weighted by Crippen LogP contribution is 2.38. The molecule has 0 fully saturated rings. The van der Waals surface area contributed by atoms with E-state index in [1.54, 1.807) is 12.1 Å². The van der Waals surface area contributed by atoms with Gasteiger partial charge in [0.05, 0.1) is 16.3 Å². The average Bonchev–Trinajstić information content (AvgIpc) is 2.65. The normalized spacial score (nSPS) is 10.9. The smallest absolute Gasteiger partial charge is 0.418 e. The summed E-state index contributed by atoms with van der Waals surface area (Å²) in [5.41, 5.74) is -1.46. The van der Waals surface area contributed by atoms with E-state index in [2.05, 4.69) is 26.0 Å². The first-order valence-corrected chi connectivity index (χ1v) is 9.10. The molecule has 2 aromatic rings. The number of esters is 1. The Morgan fingerprint density at radius 3 is 2.34 bits per heavy atom. The summed E-state index contributed by atoms with van der Waals surface area (Å²) < 4.78 is 44.4. The van der Waals surface area contributed by atoms with Crippen LogP contribution in [0.15, 0.2) is 46.9 Å². The molecular weight excluding hydrogens is 481 g/mol. The lowest BCUT2D eigenvalue weighted by Gasteiger charge is -2.15. The van der Waals surface area contributed by atoms with Gasteiger partial charge in [0, 0.05) is 10.0 Å². The molecule has 0 heterocycles. The number of hydrogen-bond donors (Lipinski definition) is 2. The molecule has 0 unspecified atom stereocenters. The zero-order chi connectivity index (χ0) is 21.6. The molecule has 0 aliphatic heterocycles. The molecule has 2 rings (SSSR count). The maximum atomic E-state index is 13.0. The monoisotopic (exact) mass is 492 g/mol. The number of rotatable bonds is 6. The van der Waals surface area contributed by atoms with Crippen molar-refractivity contribution in [2.75, 3.05) is 18.5 Å². The molecule has 2 N–H and O–H groups in total. The van der Waals surface area contributed by atoms with Gasteiger partial charge in [-0.15, -0.1) is 0 Å². The summed E-state index contributed by atoms with van der Waals surface area (Å²) in [4.78, 5) is 35.4. The highest BCUT2D eigenvalue weighted by atomic mass is 79.9. The van der Waals surface area contributed by atoms with E-state index in [-0.39, 0.29) is 5.02 Å². The molecule has 0 bridgehead atoms. The zero-order valence-corrected chi connectivity index (χ0v) is 16.8. The molecule has 0 aromatic heterocycles. The van der Waals surface area contributed by atoms with E-state index in [4.69, 9.17) is 11.6 Å². The Morgan fingerprint density at radius 1 is 1.07 bits per heavy atom. The van der Waals surface area contributed by atoms with E-state index in [0.717, 1.165) is 16.6 Å². The number of ether oxygens (including phenoxy) is 1. The van der Waals surface area contributed by atoms with Gasteiger partial charge in [-0.25, -0.2) is 0 Å². The molecule has 2 amide bonds. The van der Waals surface area contributed by atoms with E-state index >= 15 is 0 Å². The molecule has 0 spiro atoms. The number of anilines is 1. The fourth-order valence-electron chi connectivity index (χ4n) is 2.12. The lowest BCUT2D eigenvalue weighted by molar-refractivity contribution is -0.146. The fourth-order valence-corrected chi connectivity index (χ4v) is 2.60. The van der Waals surface area contributed by atoms with Crippen LogP contribution < -0.4 is 10.6 Å². The van der Waals surface area contributed by atoms with E-state index < -0.39 is 48.4 Å². The van der Waals surface area contributed by atoms with Crippen molar-refractivity contribution in [1.82, 2.24) is 5.32 Å². The van der Waals surface area contributed by atoms with Crippen LogP contribution in [0.3, 0.4) is 0 Å². The largest absolute Gasteiger partial charge is 0.454 e. The third-order valence-electron chi connectivity index (χ3n) is 3.45. The minimum atomic E-state index is -4.73. The van der Waals surface area contributed by atoms with Gasteiger partial charge in [0.25, 0.3) is 11.8 Å². The van der Waals surface area contributed by atoms with Gasteiger partial charge in [0.1, 0.15) is 6.54 Å². The van der Waals surface area contributed by atoms with E-state index in [1.807, 2.05) is 5.32 Å². The first-order chi connectivity index (χ1) is 13.6. The molecule has 2 aromatic carbocycles. The molecule has 11 heteroatoms. The van der Waals surface area contributed by atoms with Crippen LogP contribution in [0.5, 0.6) is 0 Å². The van der Waals surface area contributed by atoms with Gasteiger partial charge >= 0.3 is 12.1 Å². The SMILES string of the molecule is O=C(COC(=O)CNC(=O)c1ccc(Br)cc1)Nc1c(Cl)cccc1C(F)(F)F. The van der Waals surface area contributed by atoms with Gasteiger partial charge in [-0.2, -0.15) is 13.2 Å². The van der Waals surface area contributed by atoms with Crippen LogP contribution in [0.4, 0.5) is 18.9 Å². The molecule has 0 aliphatic carbocycles. The standard InChI is InChI=1S/C18H13BrClF3N2O4/c19-11-6-4-10(5-7-11)17(28)24-8-15(27)29-9-14(26)25-16-12(18(21,22)23)2-1-3-13(16)20/h1-7H,8-9H2,(H,24,28)(H,25,26). The highest BCUT2D eigenvalue weighted by molar-refractivity contribution is 9.10. The minimum absolute atomic E-state index is 0.303. The summed E-state index contributed by atoms with van der Waals surface area (Å²) >= 11 is 8.94. The van der Waals surface area contributed by atoms with Crippen molar-refractivity contribution >= 4 is 51.0 Å². The zero-order valence-electron chi connectivity index (χ0n) is 14.5. The van der Waals surface area contributed by atoms with Gasteiger partial charge in [-0.3, -0.25) is 14.4 Å². The van der Waals surface area contributed by atoms with Gasteiger partial charge in [-0.1, -0.05) is 33.6 Å². The Morgan fingerprint density at radius 2 is 1.72 bits per heavy atom. The maximum Gasteiger partial charge on any atom is 0.418 e. The van der Waals surface area contributed by atoms with Crippen molar-refractivity contribution in [3.8, 4) is 0 Å². The number of hydrogen-bond acceptors (Lipinski definition) is 4. The Hall–Kier alpha value is -2.59. The number of halogens is 5. The quantitative estimate of drug-likeness (QED) is 0.595. The number of benzene rings is 2. The molecule has 0 aliphatic rings. The number of carbonyl (C=O) groups is 3. The van der Waals surface area contributed by atoms with Crippen LogP contribution in [0.2, 0.25) is 5.02 Å². The van der Waals surface area contributed by atoms with E-state index in [0.29, 0.717) is 5.56 Å². The van der Waals surface area contributed by atoms with Crippen molar-refractivity contribution in [1.29, 1.82) is 0 Å². The van der Waals surface area contributed by atoms with E-state index in [1.165, 1.54) is 18.2 Å². The van der Waals surface area contributed by atoms with Gasteiger partial charge in [0.15, 0.2) is 6.61 Å². The third-order valence-corrected chi connectivity index (χ3v) is 4.29. The summed E-state index contributed by atoms with van der Waals surface area (Å²) in [5, 5.41) is 3.96. The molecule has 0 atom stereocenters. The van der Waals surface area contributed by atoms with Gasteiger partial charge < -0.3 is 15.4 Å². The van der Waals surface area contributed by atoms with Crippen molar-refractivity contribution < 1.29 is 32.3 Å². The lowest BCUT2D eigenvalue weighted by atomic mass is 10.1.